The minimum atomic E-state index is -4.88. The number of nitro groups is 1. The van der Waals surface area contributed by atoms with Gasteiger partial charge in [0.25, 0.3) is 5.69 Å². The standard InChI is InChI=1S/C19H7Cl2F6N5O2S/c20-12-5-10(18(22,23)24)6-13(21)15(12)31-17(16(14(7-28)30-31)35-19(25,26)27)29-8-9-1-3-11(4-2-9)32(33)34/h1-6,8H. The van der Waals surface area contributed by atoms with E-state index >= 15 is 0 Å². The maximum atomic E-state index is 13.2. The van der Waals surface area contributed by atoms with Crippen LogP contribution in [-0.2, 0) is 6.18 Å². The number of nitrogens with zero attached hydrogens (tertiary/aromatic N) is 5. The van der Waals surface area contributed by atoms with Crippen molar-refractivity contribution in [3.8, 4) is 11.8 Å². The van der Waals surface area contributed by atoms with E-state index in [0.29, 0.717) is 16.8 Å². The summed E-state index contributed by atoms with van der Waals surface area (Å²) in [6.45, 7) is 0. The molecule has 3 rings (SSSR count). The molecule has 0 aliphatic carbocycles. The van der Waals surface area contributed by atoms with Crippen molar-refractivity contribution in [2.24, 2.45) is 4.99 Å². The fourth-order valence-corrected chi connectivity index (χ4v) is 3.99. The molecule has 0 spiro atoms. The zero-order valence-electron chi connectivity index (χ0n) is 16.5. The maximum Gasteiger partial charge on any atom is 0.446 e. The van der Waals surface area contributed by atoms with Gasteiger partial charge in [-0.25, -0.2) is 9.67 Å². The van der Waals surface area contributed by atoms with Gasteiger partial charge in [0, 0.05) is 18.3 Å². The third-order valence-corrected chi connectivity index (χ3v) is 5.53. The Labute approximate surface area is 205 Å². The van der Waals surface area contributed by atoms with Gasteiger partial charge in [0.2, 0.25) is 0 Å². The van der Waals surface area contributed by atoms with E-state index in [9.17, 15) is 41.7 Å². The Morgan fingerprint density at radius 2 is 1.69 bits per heavy atom. The van der Waals surface area contributed by atoms with E-state index in [0.717, 1.165) is 18.3 Å². The molecule has 0 atom stereocenters. The number of thioether (sulfide) groups is 1. The molecule has 16 heteroatoms. The average Bonchev–Trinajstić information content (AvgIpc) is 3.06. The molecular weight excluding hydrogens is 547 g/mol. The lowest BCUT2D eigenvalue weighted by atomic mass is 10.2. The molecule has 0 bridgehead atoms. The summed E-state index contributed by atoms with van der Waals surface area (Å²) < 4.78 is 79.5. The third kappa shape index (κ3) is 6.05. The molecule has 0 unspecified atom stereocenters. The second-order valence-electron chi connectivity index (χ2n) is 6.47. The van der Waals surface area contributed by atoms with Gasteiger partial charge < -0.3 is 0 Å². The van der Waals surface area contributed by atoms with E-state index < -0.39 is 66.1 Å². The highest BCUT2D eigenvalue weighted by Crippen LogP contribution is 2.46. The Bertz CT molecular complexity index is 1340. The Morgan fingerprint density at radius 3 is 2.14 bits per heavy atom. The lowest BCUT2D eigenvalue weighted by Gasteiger charge is -2.13. The smallest absolute Gasteiger partial charge is 0.258 e. The molecular formula is C19H7Cl2F6N5O2S. The normalized spacial score (nSPS) is 12.2. The largest absolute Gasteiger partial charge is 0.446 e. The van der Waals surface area contributed by atoms with Gasteiger partial charge in [0.05, 0.1) is 25.4 Å². The second-order valence-corrected chi connectivity index (χ2v) is 8.36. The van der Waals surface area contributed by atoms with Crippen molar-refractivity contribution in [3.63, 3.8) is 0 Å². The van der Waals surface area contributed by atoms with Gasteiger partial charge in [-0.05, 0) is 41.6 Å². The first-order valence-electron chi connectivity index (χ1n) is 8.85. The van der Waals surface area contributed by atoms with Gasteiger partial charge in [0.1, 0.15) is 11.8 Å². The lowest BCUT2D eigenvalue weighted by molar-refractivity contribution is -0.384. The molecule has 0 aliphatic rings. The predicted molar refractivity (Wildman–Crippen MR) is 116 cm³/mol. The first-order chi connectivity index (χ1) is 16.2. The Morgan fingerprint density at radius 1 is 1.11 bits per heavy atom. The molecule has 0 N–H and O–H groups in total. The van der Waals surface area contributed by atoms with Crippen LogP contribution in [0.15, 0.2) is 46.3 Å². The quantitative estimate of drug-likeness (QED) is 0.108. The SMILES string of the molecule is N#Cc1nn(-c2c(Cl)cc(C(F)(F)F)cc2Cl)c(N=Cc2ccc([N+](=O)[O-])cc2)c1SC(F)(F)F. The van der Waals surface area contributed by atoms with E-state index in [1.165, 1.54) is 18.2 Å². The number of nitro benzene ring substituents is 1. The fourth-order valence-electron chi connectivity index (χ4n) is 2.70. The van der Waals surface area contributed by atoms with Crippen LogP contribution in [0.4, 0.5) is 37.8 Å². The van der Waals surface area contributed by atoms with Crippen molar-refractivity contribution in [1.29, 1.82) is 5.26 Å². The summed E-state index contributed by atoms with van der Waals surface area (Å²) in [5.74, 6) is -0.606. The topological polar surface area (TPSA) is 97.1 Å². The van der Waals surface area contributed by atoms with Crippen molar-refractivity contribution in [1.82, 2.24) is 9.78 Å². The van der Waals surface area contributed by atoms with Crippen LogP contribution in [0.3, 0.4) is 0 Å². The van der Waals surface area contributed by atoms with Gasteiger partial charge in [-0.15, -0.1) is 0 Å². The number of aliphatic imine (C=N–C) groups is 1. The number of hydrogen-bond acceptors (Lipinski definition) is 6. The number of non-ortho nitro benzene ring substituents is 1. The van der Waals surface area contributed by atoms with E-state index in [1.54, 1.807) is 0 Å². The van der Waals surface area contributed by atoms with Gasteiger partial charge in [0.15, 0.2) is 11.5 Å². The summed E-state index contributed by atoms with van der Waals surface area (Å²) in [6, 6.07) is 7.21. The lowest BCUT2D eigenvalue weighted by Crippen LogP contribution is -2.07. The van der Waals surface area contributed by atoms with Crippen LogP contribution in [0.5, 0.6) is 0 Å². The molecule has 3 aromatic rings. The molecule has 0 fully saturated rings. The van der Waals surface area contributed by atoms with Crippen LogP contribution in [0.1, 0.15) is 16.8 Å². The summed E-state index contributed by atoms with van der Waals surface area (Å²) in [5, 5.41) is 22.6. The van der Waals surface area contributed by atoms with Gasteiger partial charge in [-0.3, -0.25) is 10.1 Å². The molecule has 1 aromatic heterocycles. The number of aromatic nitrogens is 2. The zero-order chi connectivity index (χ0) is 26.1. The molecule has 2 aromatic carbocycles. The van der Waals surface area contributed by atoms with Gasteiger partial charge >= 0.3 is 11.7 Å². The number of rotatable bonds is 5. The average molecular weight is 554 g/mol. The van der Waals surface area contributed by atoms with Gasteiger partial charge in [-0.2, -0.15) is 36.7 Å². The second kappa shape index (κ2) is 9.76. The van der Waals surface area contributed by atoms with E-state index in [1.807, 2.05) is 0 Å². The third-order valence-electron chi connectivity index (χ3n) is 4.14. The molecule has 35 heavy (non-hydrogen) atoms. The van der Waals surface area contributed by atoms with Crippen molar-refractivity contribution < 1.29 is 31.3 Å². The highest BCUT2D eigenvalue weighted by molar-refractivity contribution is 8.00. The van der Waals surface area contributed by atoms with Crippen LogP contribution in [0.25, 0.3) is 5.69 Å². The molecule has 0 saturated heterocycles. The van der Waals surface area contributed by atoms with E-state index in [4.69, 9.17) is 23.2 Å². The first kappa shape index (κ1) is 26.3. The predicted octanol–water partition coefficient (Wildman–Crippen LogP) is 7.34. The van der Waals surface area contributed by atoms with Gasteiger partial charge in [-0.1, -0.05) is 23.2 Å². The van der Waals surface area contributed by atoms with Crippen molar-refractivity contribution in [2.75, 3.05) is 0 Å². The Balaban J connectivity index is 2.23. The molecule has 0 saturated carbocycles. The van der Waals surface area contributed by atoms with E-state index in [-0.39, 0.29) is 11.3 Å². The number of nitriles is 1. The highest BCUT2D eigenvalue weighted by Gasteiger charge is 2.36. The number of halogens is 8. The molecule has 182 valence electrons. The zero-order valence-corrected chi connectivity index (χ0v) is 18.9. The van der Waals surface area contributed by atoms with E-state index in [2.05, 4.69) is 10.1 Å². The van der Waals surface area contributed by atoms with Crippen LogP contribution in [0, 0.1) is 21.4 Å². The fraction of sp³-hybridized carbons (Fsp3) is 0.105. The molecule has 0 radical (unpaired) electrons. The summed E-state index contributed by atoms with van der Waals surface area (Å²) in [6.07, 6.45) is -3.80. The highest BCUT2D eigenvalue weighted by atomic mass is 35.5. The summed E-state index contributed by atoms with van der Waals surface area (Å²) in [7, 11) is 0. The summed E-state index contributed by atoms with van der Waals surface area (Å²) in [4.78, 5) is 13.3. The number of alkyl halides is 6. The number of benzene rings is 2. The van der Waals surface area contributed by atoms with Crippen molar-refractivity contribution >= 4 is 52.7 Å². The first-order valence-corrected chi connectivity index (χ1v) is 10.4. The minimum Gasteiger partial charge on any atom is -0.258 e. The molecule has 0 amide bonds. The summed E-state index contributed by atoms with van der Waals surface area (Å²) >= 11 is 11.2. The number of hydrogen-bond donors (Lipinski definition) is 0. The van der Waals surface area contributed by atoms with Crippen LogP contribution < -0.4 is 0 Å². The Hall–Kier alpha value is -3.28. The van der Waals surface area contributed by atoms with Crippen LogP contribution in [-0.4, -0.2) is 26.4 Å². The molecule has 1 heterocycles. The minimum absolute atomic E-state index is 0.217. The summed E-state index contributed by atoms with van der Waals surface area (Å²) in [5.41, 5.74) is -7.32. The molecule has 7 nitrogen and oxygen atoms in total. The maximum absolute atomic E-state index is 13.2. The van der Waals surface area contributed by atoms with Crippen molar-refractivity contribution in [3.05, 3.63) is 73.4 Å². The van der Waals surface area contributed by atoms with Crippen molar-refractivity contribution in [2.45, 2.75) is 16.6 Å². The van der Waals surface area contributed by atoms with Crippen LogP contribution >= 0.6 is 35.0 Å². The Kier molecular flexibility index (Phi) is 7.34. The monoisotopic (exact) mass is 553 g/mol. The molecule has 0 aliphatic heterocycles. The van der Waals surface area contributed by atoms with Crippen LogP contribution in [0.2, 0.25) is 10.0 Å².